The largest absolute Gasteiger partial charge is 0.315 e. The number of unbranched alkanes of at least 4 members (excludes halogenated alkanes) is 2. The fourth-order valence-corrected chi connectivity index (χ4v) is 2.86. The first kappa shape index (κ1) is 15.6. The Morgan fingerprint density at radius 2 is 1.25 bits per heavy atom. The molecule has 94 valence electrons. The molecule has 0 saturated carbocycles. The Kier molecular flexibility index (Phi) is 9.59. The second-order valence-corrected chi connectivity index (χ2v) is 5.27. The van der Waals surface area contributed by atoms with Crippen molar-refractivity contribution in [3.05, 3.63) is 0 Å². The Bertz CT molecular complexity index is 192. The van der Waals surface area contributed by atoms with Gasteiger partial charge in [0.15, 0.2) is 0 Å². The van der Waals surface area contributed by atoms with E-state index in [1.807, 2.05) is 0 Å². The molecule has 0 rings (SSSR count). The van der Waals surface area contributed by atoms with Crippen LogP contribution in [0.25, 0.3) is 0 Å². The summed E-state index contributed by atoms with van der Waals surface area (Å²) in [5.41, 5.74) is 0. The van der Waals surface area contributed by atoms with Crippen molar-refractivity contribution < 1.29 is 0 Å². The molecule has 0 saturated heterocycles. The summed E-state index contributed by atoms with van der Waals surface area (Å²) in [4.78, 5) is 0. The van der Waals surface area contributed by atoms with E-state index in [0.29, 0.717) is 0 Å². The second-order valence-electron chi connectivity index (χ2n) is 5.27. The van der Waals surface area contributed by atoms with Gasteiger partial charge in [-0.3, -0.25) is 0 Å². The molecule has 0 aliphatic rings. The molecule has 0 fully saturated rings. The minimum Gasteiger partial charge on any atom is -0.315 e. The first-order chi connectivity index (χ1) is 7.74. The first-order valence-corrected chi connectivity index (χ1v) is 7.45. The number of rotatable bonds is 8. The van der Waals surface area contributed by atoms with Crippen molar-refractivity contribution in [3.63, 3.8) is 0 Å². The third-order valence-electron chi connectivity index (χ3n) is 3.59. The molecule has 0 atom stereocenters. The first-order valence-electron chi connectivity index (χ1n) is 7.45. The zero-order chi connectivity index (χ0) is 12.3. The standard InChI is InChI=1S/C15H30B/c1-5-9-10-11-15-16(12-6-2,13-7-3)14-8-4/h5-10,12-14H2,1-4H3/q-1. The van der Waals surface area contributed by atoms with Crippen LogP contribution in [0.5, 0.6) is 0 Å². The zero-order valence-corrected chi connectivity index (χ0v) is 11.9. The predicted molar refractivity (Wildman–Crippen MR) is 78.3 cm³/mol. The molecule has 16 heavy (non-hydrogen) atoms. The summed E-state index contributed by atoms with van der Waals surface area (Å²) in [6.07, 6.45) is 11.2. The molecule has 0 heterocycles. The molecule has 0 aliphatic carbocycles. The van der Waals surface area contributed by atoms with Gasteiger partial charge in [0.2, 0.25) is 0 Å². The zero-order valence-electron chi connectivity index (χ0n) is 11.9. The van der Waals surface area contributed by atoms with Crippen LogP contribution in [0.1, 0.15) is 66.2 Å². The molecule has 0 aliphatic heterocycles. The minimum atomic E-state index is -0.356. The molecular formula is C15H30B-. The molecule has 0 aromatic carbocycles. The summed E-state index contributed by atoms with van der Waals surface area (Å²) >= 11 is 0. The maximum absolute atomic E-state index is 3.68. The lowest BCUT2D eigenvalue weighted by Gasteiger charge is -2.33. The van der Waals surface area contributed by atoms with E-state index in [9.17, 15) is 0 Å². The van der Waals surface area contributed by atoms with Gasteiger partial charge < -0.3 is 5.82 Å². The fraction of sp³-hybridized carbons (Fsp3) is 0.867. The topological polar surface area (TPSA) is 0 Å². The summed E-state index contributed by atoms with van der Waals surface area (Å²) in [6, 6.07) is 0. The Labute approximate surface area is 104 Å². The lowest BCUT2D eigenvalue weighted by Crippen LogP contribution is -2.32. The molecule has 1 heteroatoms. The SMILES string of the molecule is CCCCC#C[B-](CCC)(CCC)CCC. The van der Waals surface area contributed by atoms with Gasteiger partial charge >= 0.3 is 0 Å². The molecular weight excluding hydrogens is 191 g/mol. The van der Waals surface area contributed by atoms with Crippen LogP contribution in [0.2, 0.25) is 19.0 Å². The highest BCUT2D eigenvalue weighted by Gasteiger charge is 2.18. The monoisotopic (exact) mass is 221 g/mol. The molecule has 0 N–H and O–H groups in total. The van der Waals surface area contributed by atoms with Gasteiger partial charge in [-0.05, 0) is 6.42 Å². The van der Waals surface area contributed by atoms with E-state index < -0.39 is 0 Å². The summed E-state index contributed by atoms with van der Waals surface area (Å²) in [7, 11) is 0. The highest BCUT2D eigenvalue weighted by atomic mass is 13.9. The average molecular weight is 221 g/mol. The van der Waals surface area contributed by atoms with Crippen LogP contribution >= 0.6 is 0 Å². The Hall–Kier alpha value is -0.375. The Morgan fingerprint density at radius 3 is 1.62 bits per heavy atom. The molecule has 0 unspecified atom stereocenters. The molecule has 0 nitrogen and oxygen atoms in total. The Morgan fingerprint density at radius 1 is 0.750 bits per heavy atom. The van der Waals surface area contributed by atoms with Crippen LogP contribution in [0.4, 0.5) is 0 Å². The maximum Gasteiger partial charge on any atom is 0.0708 e. The van der Waals surface area contributed by atoms with Crippen molar-refractivity contribution in [3.8, 4) is 11.7 Å². The van der Waals surface area contributed by atoms with E-state index in [0.717, 1.165) is 6.42 Å². The van der Waals surface area contributed by atoms with Crippen molar-refractivity contribution in [2.75, 3.05) is 0 Å². The van der Waals surface area contributed by atoms with Crippen LogP contribution < -0.4 is 0 Å². The van der Waals surface area contributed by atoms with E-state index in [2.05, 4.69) is 39.4 Å². The Balaban J connectivity index is 4.49. The van der Waals surface area contributed by atoms with Gasteiger partial charge in [0, 0.05) is 6.42 Å². The van der Waals surface area contributed by atoms with Crippen molar-refractivity contribution >= 4 is 6.15 Å². The molecule has 0 bridgehead atoms. The molecule has 0 radical (unpaired) electrons. The maximum atomic E-state index is 3.68. The summed E-state index contributed by atoms with van der Waals surface area (Å²) < 4.78 is 0. The quantitative estimate of drug-likeness (QED) is 0.292. The lowest BCUT2D eigenvalue weighted by molar-refractivity contribution is 0.828. The third kappa shape index (κ3) is 6.26. The van der Waals surface area contributed by atoms with E-state index in [1.165, 1.54) is 51.1 Å². The fourth-order valence-electron chi connectivity index (χ4n) is 2.86. The summed E-state index contributed by atoms with van der Waals surface area (Å²) in [5, 5.41) is 0. The predicted octanol–water partition coefficient (Wildman–Crippen LogP) is 5.40. The van der Waals surface area contributed by atoms with Crippen molar-refractivity contribution in [2.24, 2.45) is 0 Å². The highest BCUT2D eigenvalue weighted by molar-refractivity contribution is 6.87. The average Bonchev–Trinajstić information content (AvgIpc) is 2.26. The van der Waals surface area contributed by atoms with Crippen molar-refractivity contribution in [1.29, 1.82) is 0 Å². The normalized spacial score (nSPS) is 11.0. The van der Waals surface area contributed by atoms with Crippen LogP contribution in [0.15, 0.2) is 0 Å². The van der Waals surface area contributed by atoms with Gasteiger partial charge in [-0.1, -0.05) is 53.4 Å². The molecule has 0 aromatic heterocycles. The van der Waals surface area contributed by atoms with Gasteiger partial charge in [0.1, 0.15) is 0 Å². The lowest BCUT2D eigenvalue weighted by atomic mass is 9.20. The van der Waals surface area contributed by atoms with Crippen LogP contribution in [-0.4, -0.2) is 6.15 Å². The summed E-state index contributed by atoms with van der Waals surface area (Å²) in [5.74, 6) is 7.14. The second kappa shape index (κ2) is 9.82. The van der Waals surface area contributed by atoms with Crippen LogP contribution in [0, 0.1) is 11.7 Å². The minimum absolute atomic E-state index is 0.356. The van der Waals surface area contributed by atoms with Gasteiger partial charge in [0.05, 0.1) is 6.15 Å². The highest BCUT2D eigenvalue weighted by Crippen LogP contribution is 2.25. The van der Waals surface area contributed by atoms with Gasteiger partial charge in [-0.25, -0.2) is 0 Å². The van der Waals surface area contributed by atoms with Crippen molar-refractivity contribution in [2.45, 2.75) is 85.2 Å². The van der Waals surface area contributed by atoms with Crippen LogP contribution in [0.3, 0.4) is 0 Å². The van der Waals surface area contributed by atoms with Gasteiger partial charge in [-0.2, -0.15) is 24.9 Å². The summed E-state index contributed by atoms with van der Waals surface area (Å²) in [6.45, 7) is 9.14. The van der Waals surface area contributed by atoms with E-state index >= 15 is 0 Å². The molecule has 0 aromatic rings. The molecule has 0 spiro atoms. The van der Waals surface area contributed by atoms with Gasteiger partial charge in [0.25, 0.3) is 0 Å². The smallest absolute Gasteiger partial charge is 0.0708 e. The third-order valence-corrected chi connectivity index (χ3v) is 3.59. The van der Waals surface area contributed by atoms with Crippen LogP contribution in [-0.2, 0) is 0 Å². The van der Waals surface area contributed by atoms with E-state index in [1.54, 1.807) is 0 Å². The van der Waals surface area contributed by atoms with E-state index in [-0.39, 0.29) is 6.15 Å². The number of hydrogen-bond acceptors (Lipinski definition) is 0. The van der Waals surface area contributed by atoms with Crippen molar-refractivity contribution in [1.82, 2.24) is 0 Å². The number of hydrogen-bond donors (Lipinski definition) is 0. The van der Waals surface area contributed by atoms with E-state index in [4.69, 9.17) is 0 Å². The molecule has 0 amide bonds. The van der Waals surface area contributed by atoms with Gasteiger partial charge in [-0.15, -0.1) is 0 Å².